The average molecular weight is 467 g/mol. The minimum Gasteiger partial charge on any atom is -0.490 e. The van der Waals surface area contributed by atoms with Crippen molar-refractivity contribution in [2.45, 2.75) is 40.3 Å². The van der Waals surface area contributed by atoms with Crippen molar-refractivity contribution >= 4 is 47.2 Å². The molecule has 0 fully saturated rings. The molecule has 0 unspecified atom stereocenters. The van der Waals surface area contributed by atoms with Crippen LogP contribution in [-0.4, -0.2) is 13.2 Å². The standard InChI is InChI=1S/C21H26Cl3NO2.ClH/c1-4-26-20-10-15(12-25-8-7-14(2)3)9-19(24)21(20)27-13-16-5-6-17(22)11-18(16)23;/h5-6,9-11,14,25H,4,7-8,12-13H2,1-3H3;1H. The molecule has 0 aliphatic rings. The van der Waals surface area contributed by atoms with Gasteiger partial charge < -0.3 is 14.8 Å². The molecule has 156 valence electrons. The summed E-state index contributed by atoms with van der Waals surface area (Å²) < 4.78 is 11.7. The molecule has 0 aromatic heterocycles. The Hall–Kier alpha value is -0.840. The van der Waals surface area contributed by atoms with Crippen molar-refractivity contribution in [3.8, 4) is 11.5 Å². The molecule has 3 nitrogen and oxygen atoms in total. The first-order valence-corrected chi connectivity index (χ1v) is 10.3. The summed E-state index contributed by atoms with van der Waals surface area (Å²) in [6, 6.07) is 9.19. The van der Waals surface area contributed by atoms with Crippen LogP contribution in [0.5, 0.6) is 11.5 Å². The lowest BCUT2D eigenvalue weighted by Gasteiger charge is -2.16. The molecule has 0 aliphatic heterocycles. The zero-order valence-corrected chi connectivity index (χ0v) is 19.4. The number of halogens is 4. The van der Waals surface area contributed by atoms with Gasteiger partial charge in [0.25, 0.3) is 0 Å². The first kappa shape index (κ1) is 25.2. The van der Waals surface area contributed by atoms with Crippen LogP contribution in [0.4, 0.5) is 0 Å². The van der Waals surface area contributed by atoms with E-state index in [0.29, 0.717) is 39.1 Å². The van der Waals surface area contributed by atoms with Crippen LogP contribution < -0.4 is 14.8 Å². The van der Waals surface area contributed by atoms with Crippen LogP contribution in [-0.2, 0) is 13.2 Å². The maximum Gasteiger partial charge on any atom is 0.180 e. The van der Waals surface area contributed by atoms with Gasteiger partial charge in [0.05, 0.1) is 11.6 Å². The summed E-state index contributed by atoms with van der Waals surface area (Å²) in [7, 11) is 0. The van der Waals surface area contributed by atoms with Gasteiger partial charge in [0.15, 0.2) is 11.5 Å². The summed E-state index contributed by atoms with van der Waals surface area (Å²) in [6.07, 6.45) is 1.13. The first-order chi connectivity index (χ1) is 12.9. The summed E-state index contributed by atoms with van der Waals surface area (Å²) in [6.45, 7) is 8.86. The average Bonchev–Trinajstić information content (AvgIpc) is 2.59. The molecule has 0 radical (unpaired) electrons. The molecule has 0 atom stereocenters. The Balaban J connectivity index is 0.00000392. The molecule has 0 amide bonds. The molecule has 1 N–H and O–H groups in total. The van der Waals surface area contributed by atoms with Gasteiger partial charge in [-0.25, -0.2) is 0 Å². The van der Waals surface area contributed by atoms with Crippen LogP contribution >= 0.6 is 47.2 Å². The summed E-state index contributed by atoms with van der Waals surface area (Å²) in [4.78, 5) is 0. The molecule has 28 heavy (non-hydrogen) atoms. The molecule has 0 bridgehead atoms. The van der Waals surface area contributed by atoms with Gasteiger partial charge in [-0.15, -0.1) is 12.4 Å². The van der Waals surface area contributed by atoms with Gasteiger partial charge >= 0.3 is 0 Å². The van der Waals surface area contributed by atoms with Crippen LogP contribution in [0.25, 0.3) is 0 Å². The molecule has 0 saturated heterocycles. The van der Waals surface area contributed by atoms with Crippen LogP contribution in [0, 0.1) is 5.92 Å². The third-order valence-electron chi connectivity index (χ3n) is 3.98. The third kappa shape index (κ3) is 7.88. The molecule has 7 heteroatoms. The van der Waals surface area contributed by atoms with Crippen molar-refractivity contribution in [1.29, 1.82) is 0 Å². The first-order valence-electron chi connectivity index (χ1n) is 9.13. The van der Waals surface area contributed by atoms with Gasteiger partial charge in [0.1, 0.15) is 6.61 Å². The predicted molar refractivity (Wildman–Crippen MR) is 122 cm³/mol. The molecule has 0 heterocycles. The number of hydrogen-bond donors (Lipinski definition) is 1. The molecule has 0 aliphatic carbocycles. The van der Waals surface area contributed by atoms with Gasteiger partial charge in [0.2, 0.25) is 0 Å². The lowest BCUT2D eigenvalue weighted by molar-refractivity contribution is 0.269. The zero-order chi connectivity index (χ0) is 19.8. The minimum absolute atomic E-state index is 0. The van der Waals surface area contributed by atoms with Crippen molar-refractivity contribution in [1.82, 2.24) is 5.32 Å². The zero-order valence-electron chi connectivity index (χ0n) is 16.4. The SMILES string of the molecule is CCOc1cc(CNCCC(C)C)cc(Cl)c1OCc1ccc(Cl)cc1Cl.Cl. The predicted octanol–water partition coefficient (Wildman–Crippen LogP) is 7.18. The Morgan fingerprint density at radius 2 is 1.75 bits per heavy atom. The summed E-state index contributed by atoms with van der Waals surface area (Å²) in [5.41, 5.74) is 1.89. The van der Waals surface area contributed by atoms with E-state index in [1.807, 2.05) is 25.1 Å². The van der Waals surface area contributed by atoms with Crippen LogP contribution in [0.2, 0.25) is 15.1 Å². The van der Waals surface area contributed by atoms with E-state index in [1.54, 1.807) is 12.1 Å². The van der Waals surface area contributed by atoms with E-state index < -0.39 is 0 Å². The molecule has 0 saturated carbocycles. The Morgan fingerprint density at radius 3 is 2.39 bits per heavy atom. The topological polar surface area (TPSA) is 30.5 Å². The second-order valence-electron chi connectivity index (χ2n) is 6.72. The van der Waals surface area contributed by atoms with E-state index in [0.717, 1.165) is 30.6 Å². The largest absolute Gasteiger partial charge is 0.490 e. The summed E-state index contributed by atoms with van der Waals surface area (Å²) in [5, 5.41) is 5.10. The molecular formula is C21H27Cl4NO2. The van der Waals surface area contributed by atoms with Crippen molar-refractivity contribution in [3.63, 3.8) is 0 Å². The highest BCUT2D eigenvalue weighted by molar-refractivity contribution is 6.35. The fraction of sp³-hybridized carbons (Fsp3) is 0.429. The summed E-state index contributed by atoms with van der Waals surface area (Å²) in [5.74, 6) is 1.83. The highest BCUT2D eigenvalue weighted by Crippen LogP contribution is 2.37. The van der Waals surface area contributed by atoms with Crippen molar-refractivity contribution in [2.24, 2.45) is 5.92 Å². The fourth-order valence-corrected chi connectivity index (χ4v) is 3.29. The van der Waals surface area contributed by atoms with Crippen molar-refractivity contribution < 1.29 is 9.47 Å². The number of ether oxygens (including phenoxy) is 2. The Bertz CT molecular complexity index is 753. The van der Waals surface area contributed by atoms with E-state index in [2.05, 4.69) is 19.2 Å². The highest BCUT2D eigenvalue weighted by Gasteiger charge is 2.14. The van der Waals surface area contributed by atoms with Crippen LogP contribution in [0.15, 0.2) is 30.3 Å². The van der Waals surface area contributed by atoms with E-state index in [4.69, 9.17) is 44.3 Å². The maximum atomic E-state index is 6.48. The van der Waals surface area contributed by atoms with E-state index in [9.17, 15) is 0 Å². The van der Waals surface area contributed by atoms with Gasteiger partial charge in [-0.2, -0.15) is 0 Å². The molecule has 2 aromatic rings. The minimum atomic E-state index is 0. The van der Waals surface area contributed by atoms with Crippen molar-refractivity contribution in [3.05, 3.63) is 56.5 Å². The van der Waals surface area contributed by atoms with E-state index in [-0.39, 0.29) is 19.0 Å². The monoisotopic (exact) mass is 465 g/mol. The Morgan fingerprint density at radius 1 is 1.00 bits per heavy atom. The number of benzene rings is 2. The van der Waals surface area contributed by atoms with Gasteiger partial charge in [-0.05, 0) is 55.6 Å². The van der Waals surface area contributed by atoms with Gasteiger partial charge in [-0.3, -0.25) is 0 Å². The van der Waals surface area contributed by atoms with Gasteiger partial charge in [-0.1, -0.05) is 54.7 Å². The van der Waals surface area contributed by atoms with E-state index in [1.165, 1.54) is 0 Å². The number of nitrogens with one attached hydrogen (secondary N) is 1. The van der Waals surface area contributed by atoms with Gasteiger partial charge in [0, 0.05) is 22.2 Å². The quantitative estimate of drug-likeness (QED) is 0.376. The molecular weight excluding hydrogens is 440 g/mol. The number of hydrogen-bond acceptors (Lipinski definition) is 3. The van der Waals surface area contributed by atoms with Crippen molar-refractivity contribution in [2.75, 3.05) is 13.2 Å². The fourth-order valence-electron chi connectivity index (χ4n) is 2.54. The second-order valence-corrected chi connectivity index (χ2v) is 7.97. The molecule has 0 spiro atoms. The normalized spacial score (nSPS) is 10.7. The number of rotatable bonds is 10. The second kappa shape index (κ2) is 12.7. The van der Waals surface area contributed by atoms with Crippen LogP contribution in [0.3, 0.4) is 0 Å². The highest BCUT2D eigenvalue weighted by atomic mass is 35.5. The Kier molecular flexibility index (Phi) is 11.4. The maximum absolute atomic E-state index is 6.48. The summed E-state index contributed by atoms with van der Waals surface area (Å²) >= 11 is 18.6. The molecule has 2 rings (SSSR count). The van der Waals surface area contributed by atoms with E-state index >= 15 is 0 Å². The lowest BCUT2D eigenvalue weighted by atomic mass is 10.1. The third-order valence-corrected chi connectivity index (χ3v) is 4.85. The molecule has 2 aromatic carbocycles. The Labute approximate surface area is 189 Å². The smallest absolute Gasteiger partial charge is 0.180 e. The van der Waals surface area contributed by atoms with Crippen LogP contribution in [0.1, 0.15) is 38.3 Å². The lowest BCUT2D eigenvalue weighted by Crippen LogP contribution is -2.16.